The van der Waals surface area contributed by atoms with Crippen LogP contribution in [0.5, 0.6) is 5.75 Å². The van der Waals surface area contributed by atoms with Crippen LogP contribution in [-0.2, 0) is 13.0 Å². The van der Waals surface area contributed by atoms with Crippen LogP contribution in [0.2, 0.25) is 0 Å². The van der Waals surface area contributed by atoms with Crippen LogP contribution in [0.4, 0.5) is 0 Å². The Labute approximate surface area is 144 Å². The van der Waals surface area contributed by atoms with E-state index in [1.165, 1.54) is 5.56 Å². The highest BCUT2D eigenvalue weighted by Crippen LogP contribution is 2.17. The minimum absolute atomic E-state index is 0.561. The fourth-order valence-electron chi connectivity index (χ4n) is 2.32. The number of benzene rings is 1. The number of ether oxygens (including phenoxy) is 1. The van der Waals surface area contributed by atoms with Gasteiger partial charge in [-0.15, -0.1) is 0 Å². The van der Waals surface area contributed by atoms with Gasteiger partial charge in [0.15, 0.2) is 5.96 Å². The molecule has 0 radical (unpaired) electrons. The first-order chi connectivity index (χ1) is 11.8. The summed E-state index contributed by atoms with van der Waals surface area (Å²) in [7, 11) is 0. The molecule has 0 amide bonds. The van der Waals surface area contributed by atoms with Crippen molar-refractivity contribution in [3.05, 3.63) is 59.9 Å². The second-order valence-electron chi connectivity index (χ2n) is 5.23. The number of rotatable bonds is 8. The van der Waals surface area contributed by atoms with E-state index in [0.717, 1.165) is 36.9 Å². The maximum Gasteiger partial charge on any atom is 0.191 e. The summed E-state index contributed by atoms with van der Waals surface area (Å²) in [6.07, 6.45) is 2.67. The molecule has 1 aromatic carbocycles. The van der Waals surface area contributed by atoms with Crippen LogP contribution in [-0.4, -0.2) is 30.6 Å². The minimum atomic E-state index is 0.561. The van der Waals surface area contributed by atoms with E-state index in [1.54, 1.807) is 6.20 Å². The molecule has 0 spiro atoms. The number of aromatic nitrogens is 1. The van der Waals surface area contributed by atoms with Crippen molar-refractivity contribution < 1.29 is 4.74 Å². The number of hydrogen-bond donors (Lipinski definition) is 2. The molecule has 1 heterocycles. The number of nitrogens with zero attached hydrogens (tertiary/aromatic N) is 2. The van der Waals surface area contributed by atoms with Gasteiger partial charge in [-0.2, -0.15) is 0 Å². The van der Waals surface area contributed by atoms with E-state index >= 15 is 0 Å². The SMILES string of the molecule is CCNC(=NCc1ccccn1)NCCc1ccccc1OCC. The summed E-state index contributed by atoms with van der Waals surface area (Å²) < 4.78 is 5.67. The van der Waals surface area contributed by atoms with Gasteiger partial charge in [0.25, 0.3) is 0 Å². The van der Waals surface area contributed by atoms with Gasteiger partial charge in [-0.1, -0.05) is 24.3 Å². The smallest absolute Gasteiger partial charge is 0.191 e. The lowest BCUT2D eigenvalue weighted by molar-refractivity contribution is 0.336. The number of para-hydroxylation sites is 1. The van der Waals surface area contributed by atoms with Crippen molar-refractivity contribution in [3.63, 3.8) is 0 Å². The molecule has 1 aromatic heterocycles. The van der Waals surface area contributed by atoms with E-state index in [9.17, 15) is 0 Å². The Balaban J connectivity index is 1.89. The molecule has 2 N–H and O–H groups in total. The lowest BCUT2D eigenvalue weighted by atomic mass is 10.1. The number of hydrogen-bond acceptors (Lipinski definition) is 3. The number of aliphatic imine (C=N–C) groups is 1. The van der Waals surface area contributed by atoms with Gasteiger partial charge in [0, 0.05) is 19.3 Å². The van der Waals surface area contributed by atoms with Crippen LogP contribution < -0.4 is 15.4 Å². The van der Waals surface area contributed by atoms with Crippen LogP contribution in [0.1, 0.15) is 25.1 Å². The Bertz CT molecular complexity index is 628. The standard InChI is InChI=1S/C19H26N4O/c1-3-20-19(23-15-17-10-7-8-13-21-17)22-14-12-16-9-5-6-11-18(16)24-4-2/h5-11,13H,3-4,12,14-15H2,1-2H3,(H2,20,22,23). The van der Waals surface area contributed by atoms with E-state index in [1.807, 2.05) is 43.3 Å². The van der Waals surface area contributed by atoms with Crippen LogP contribution in [0.15, 0.2) is 53.7 Å². The molecule has 0 fully saturated rings. The molecule has 0 saturated carbocycles. The predicted molar refractivity (Wildman–Crippen MR) is 98.4 cm³/mol. The number of nitrogens with one attached hydrogen (secondary N) is 2. The van der Waals surface area contributed by atoms with Gasteiger partial charge >= 0.3 is 0 Å². The zero-order valence-corrected chi connectivity index (χ0v) is 14.5. The van der Waals surface area contributed by atoms with Gasteiger partial charge in [0.1, 0.15) is 5.75 Å². The van der Waals surface area contributed by atoms with Crippen LogP contribution in [0.25, 0.3) is 0 Å². The maximum atomic E-state index is 5.67. The van der Waals surface area contributed by atoms with Gasteiger partial charge in [-0.05, 0) is 44.0 Å². The van der Waals surface area contributed by atoms with Crippen molar-refractivity contribution >= 4 is 5.96 Å². The van der Waals surface area contributed by atoms with Gasteiger partial charge in [0.05, 0.1) is 18.8 Å². The Kier molecular flexibility index (Phi) is 7.60. The van der Waals surface area contributed by atoms with E-state index < -0.39 is 0 Å². The first kappa shape index (κ1) is 17.8. The van der Waals surface area contributed by atoms with Crippen LogP contribution in [0, 0.1) is 0 Å². The lowest BCUT2D eigenvalue weighted by Crippen LogP contribution is -2.38. The Morgan fingerprint density at radius 1 is 1.08 bits per heavy atom. The Hall–Kier alpha value is -2.56. The molecule has 2 rings (SSSR count). The average Bonchev–Trinajstić information content (AvgIpc) is 2.62. The number of guanidine groups is 1. The van der Waals surface area contributed by atoms with E-state index in [4.69, 9.17) is 4.74 Å². The third kappa shape index (κ3) is 5.91. The molecule has 0 aliphatic heterocycles. The quantitative estimate of drug-likeness (QED) is 0.578. The van der Waals surface area contributed by atoms with E-state index in [2.05, 4.69) is 33.6 Å². The van der Waals surface area contributed by atoms with Gasteiger partial charge in [-0.3, -0.25) is 4.98 Å². The van der Waals surface area contributed by atoms with Crippen molar-refractivity contribution in [2.75, 3.05) is 19.7 Å². The number of pyridine rings is 1. The van der Waals surface area contributed by atoms with Crippen molar-refractivity contribution in [2.24, 2.45) is 4.99 Å². The second kappa shape index (κ2) is 10.3. The summed E-state index contributed by atoms with van der Waals surface area (Å²) >= 11 is 0. The van der Waals surface area contributed by atoms with Gasteiger partial charge in [0.2, 0.25) is 0 Å². The highest BCUT2D eigenvalue weighted by Gasteiger charge is 2.03. The third-order valence-electron chi connectivity index (χ3n) is 3.43. The topological polar surface area (TPSA) is 58.5 Å². The largest absolute Gasteiger partial charge is 0.494 e. The monoisotopic (exact) mass is 326 g/mol. The molecular weight excluding hydrogens is 300 g/mol. The molecule has 0 aliphatic rings. The highest BCUT2D eigenvalue weighted by atomic mass is 16.5. The van der Waals surface area contributed by atoms with Crippen LogP contribution >= 0.6 is 0 Å². The van der Waals surface area contributed by atoms with Crippen LogP contribution in [0.3, 0.4) is 0 Å². The summed E-state index contributed by atoms with van der Waals surface area (Å²) in [5, 5.41) is 6.62. The maximum absolute atomic E-state index is 5.67. The Morgan fingerprint density at radius 2 is 1.92 bits per heavy atom. The minimum Gasteiger partial charge on any atom is -0.494 e. The predicted octanol–water partition coefficient (Wildman–Crippen LogP) is 2.78. The van der Waals surface area contributed by atoms with Crippen molar-refractivity contribution in [1.82, 2.24) is 15.6 Å². The fraction of sp³-hybridized carbons (Fsp3) is 0.368. The Morgan fingerprint density at radius 3 is 2.67 bits per heavy atom. The normalized spacial score (nSPS) is 11.2. The fourth-order valence-corrected chi connectivity index (χ4v) is 2.32. The molecule has 128 valence electrons. The van der Waals surface area contributed by atoms with Gasteiger partial charge < -0.3 is 15.4 Å². The van der Waals surface area contributed by atoms with Crippen molar-refractivity contribution in [2.45, 2.75) is 26.8 Å². The average molecular weight is 326 g/mol. The second-order valence-corrected chi connectivity index (χ2v) is 5.23. The van der Waals surface area contributed by atoms with E-state index in [0.29, 0.717) is 13.2 Å². The summed E-state index contributed by atoms with van der Waals surface area (Å²) in [5.74, 6) is 1.76. The molecule has 0 atom stereocenters. The summed E-state index contributed by atoms with van der Waals surface area (Å²) in [6.45, 7) is 6.91. The van der Waals surface area contributed by atoms with Crippen molar-refractivity contribution in [1.29, 1.82) is 0 Å². The molecule has 0 aliphatic carbocycles. The summed E-state index contributed by atoms with van der Waals surface area (Å²) in [6, 6.07) is 14.0. The zero-order chi connectivity index (χ0) is 17.0. The molecule has 0 bridgehead atoms. The molecule has 5 nitrogen and oxygen atoms in total. The molecule has 0 unspecified atom stereocenters. The molecule has 24 heavy (non-hydrogen) atoms. The molecule has 5 heteroatoms. The first-order valence-electron chi connectivity index (χ1n) is 8.46. The summed E-state index contributed by atoms with van der Waals surface area (Å²) in [4.78, 5) is 8.87. The molecule has 2 aromatic rings. The zero-order valence-electron chi connectivity index (χ0n) is 14.5. The van der Waals surface area contributed by atoms with Gasteiger partial charge in [-0.25, -0.2) is 4.99 Å². The lowest BCUT2D eigenvalue weighted by Gasteiger charge is -2.13. The highest BCUT2D eigenvalue weighted by molar-refractivity contribution is 5.79. The van der Waals surface area contributed by atoms with Crippen molar-refractivity contribution in [3.8, 4) is 5.75 Å². The molecular formula is C19H26N4O. The molecule has 0 saturated heterocycles. The van der Waals surface area contributed by atoms with E-state index in [-0.39, 0.29) is 0 Å². The third-order valence-corrected chi connectivity index (χ3v) is 3.43. The first-order valence-corrected chi connectivity index (χ1v) is 8.46. The summed E-state index contributed by atoms with van der Waals surface area (Å²) in [5.41, 5.74) is 2.16.